The van der Waals surface area contributed by atoms with Gasteiger partial charge in [0.05, 0.1) is 28.8 Å². The third-order valence-corrected chi connectivity index (χ3v) is 6.12. The maximum absolute atomic E-state index is 13.3. The lowest BCUT2D eigenvalue weighted by atomic mass is 9.95. The van der Waals surface area contributed by atoms with Crippen LogP contribution < -0.4 is 5.32 Å². The number of nitrogens with one attached hydrogen (secondary N) is 1. The molecule has 2 aromatic carbocycles. The Balaban J connectivity index is 1.71. The number of rotatable bonds is 5. The predicted molar refractivity (Wildman–Crippen MR) is 107 cm³/mol. The summed E-state index contributed by atoms with van der Waals surface area (Å²) >= 11 is 0. The van der Waals surface area contributed by atoms with Gasteiger partial charge in [-0.15, -0.1) is 0 Å². The van der Waals surface area contributed by atoms with Crippen LogP contribution in [0.15, 0.2) is 54.6 Å². The maximum Gasteiger partial charge on any atom is 0.233 e. The standard InChI is InChI=1S/C21H20FN3O2S/c1-2-17(14-6-4-3-5-7-14)21(26)23-20-18-12-28(27)13-19(18)24-25(20)16-10-8-15(22)9-11-16/h3-11,17H,2,12-13H2,1H3,(H,23,26)/t17-,28-/m1/s1. The van der Waals surface area contributed by atoms with Crippen molar-refractivity contribution in [2.45, 2.75) is 30.8 Å². The summed E-state index contributed by atoms with van der Waals surface area (Å²) in [6.07, 6.45) is 0.647. The van der Waals surface area contributed by atoms with Crippen LogP contribution in [-0.4, -0.2) is 19.9 Å². The largest absolute Gasteiger partial charge is 0.310 e. The topological polar surface area (TPSA) is 64.0 Å². The second-order valence-corrected chi connectivity index (χ2v) is 8.21. The van der Waals surface area contributed by atoms with Crippen LogP contribution in [0, 0.1) is 5.82 Å². The number of carbonyl (C=O) groups is 1. The monoisotopic (exact) mass is 397 g/mol. The highest BCUT2D eigenvalue weighted by Crippen LogP contribution is 2.32. The number of anilines is 1. The Morgan fingerprint density at radius 1 is 1.18 bits per heavy atom. The van der Waals surface area contributed by atoms with Crippen LogP contribution in [0.2, 0.25) is 0 Å². The minimum absolute atomic E-state index is 0.141. The Morgan fingerprint density at radius 3 is 2.57 bits per heavy atom. The first kappa shape index (κ1) is 18.6. The summed E-state index contributed by atoms with van der Waals surface area (Å²) in [6.45, 7) is 1.97. The number of halogens is 1. The molecule has 7 heteroatoms. The zero-order valence-corrected chi connectivity index (χ0v) is 16.2. The number of hydrogen-bond donors (Lipinski definition) is 1. The fraction of sp³-hybridized carbons (Fsp3) is 0.238. The molecule has 1 aromatic heterocycles. The van der Waals surface area contributed by atoms with E-state index >= 15 is 0 Å². The molecular formula is C21H20FN3O2S. The van der Waals surface area contributed by atoms with Gasteiger partial charge in [-0.3, -0.25) is 9.00 Å². The number of nitrogens with zero attached hydrogens (tertiary/aromatic N) is 2. The summed E-state index contributed by atoms with van der Waals surface area (Å²) < 4.78 is 26.9. The summed E-state index contributed by atoms with van der Waals surface area (Å²) in [6, 6.07) is 15.5. The fourth-order valence-corrected chi connectivity index (χ4v) is 4.75. The van der Waals surface area contributed by atoms with Crippen molar-refractivity contribution in [1.82, 2.24) is 9.78 Å². The number of hydrogen-bond acceptors (Lipinski definition) is 3. The lowest BCUT2D eigenvalue weighted by molar-refractivity contribution is -0.117. The van der Waals surface area contributed by atoms with E-state index in [1.54, 1.807) is 16.8 Å². The first-order valence-electron chi connectivity index (χ1n) is 9.14. The fourth-order valence-electron chi connectivity index (χ4n) is 3.49. The van der Waals surface area contributed by atoms with E-state index < -0.39 is 10.8 Å². The third kappa shape index (κ3) is 3.49. The number of fused-ring (bicyclic) bond motifs is 1. The Hall–Kier alpha value is -2.80. The van der Waals surface area contributed by atoms with E-state index in [1.807, 2.05) is 37.3 Å². The van der Waals surface area contributed by atoms with Crippen molar-refractivity contribution < 1.29 is 13.4 Å². The molecule has 2 atom stereocenters. The van der Waals surface area contributed by atoms with Gasteiger partial charge in [0.25, 0.3) is 0 Å². The Bertz CT molecular complexity index is 1030. The molecule has 0 unspecified atom stereocenters. The van der Waals surface area contributed by atoms with Crippen LogP contribution in [0.3, 0.4) is 0 Å². The van der Waals surface area contributed by atoms with Gasteiger partial charge in [-0.05, 0) is 36.2 Å². The maximum atomic E-state index is 13.3. The van der Waals surface area contributed by atoms with Gasteiger partial charge >= 0.3 is 0 Å². The van der Waals surface area contributed by atoms with Gasteiger partial charge in [0.1, 0.15) is 11.6 Å². The summed E-state index contributed by atoms with van der Waals surface area (Å²) in [5.41, 5.74) is 3.09. The SMILES string of the molecule is CC[C@@H](C(=O)Nc1c2c(nn1-c1ccc(F)cc1)C[S@](=O)C2)c1ccccc1. The first-order chi connectivity index (χ1) is 13.6. The summed E-state index contributed by atoms with van der Waals surface area (Å²) in [5.74, 6) is 0.450. The minimum Gasteiger partial charge on any atom is -0.310 e. The highest BCUT2D eigenvalue weighted by molar-refractivity contribution is 7.83. The molecule has 1 aliphatic rings. The minimum atomic E-state index is -1.02. The molecule has 144 valence electrons. The number of benzene rings is 2. The van der Waals surface area contributed by atoms with E-state index in [2.05, 4.69) is 10.4 Å². The quantitative estimate of drug-likeness (QED) is 0.710. The molecule has 0 spiro atoms. The van der Waals surface area contributed by atoms with Crippen LogP contribution in [0.4, 0.5) is 10.2 Å². The van der Waals surface area contributed by atoms with Gasteiger partial charge in [0, 0.05) is 16.4 Å². The lowest BCUT2D eigenvalue weighted by Gasteiger charge is -2.17. The first-order valence-corrected chi connectivity index (χ1v) is 10.6. The molecule has 0 fully saturated rings. The normalized spacial score (nSPS) is 16.6. The summed E-state index contributed by atoms with van der Waals surface area (Å²) in [7, 11) is -1.02. The highest BCUT2D eigenvalue weighted by Gasteiger charge is 2.29. The molecule has 0 bridgehead atoms. The van der Waals surface area contributed by atoms with Gasteiger partial charge in [0.2, 0.25) is 5.91 Å². The number of amides is 1. The van der Waals surface area contributed by atoms with Gasteiger partial charge in [-0.25, -0.2) is 9.07 Å². The molecule has 0 saturated heterocycles. The molecule has 4 rings (SSSR count). The van der Waals surface area contributed by atoms with E-state index in [4.69, 9.17) is 0 Å². The van der Waals surface area contributed by atoms with Crippen LogP contribution in [-0.2, 0) is 27.1 Å². The van der Waals surface area contributed by atoms with Crippen LogP contribution in [0.1, 0.15) is 36.1 Å². The lowest BCUT2D eigenvalue weighted by Crippen LogP contribution is -2.23. The average molecular weight is 397 g/mol. The van der Waals surface area contributed by atoms with Crippen LogP contribution >= 0.6 is 0 Å². The molecule has 2 heterocycles. The molecule has 1 aliphatic heterocycles. The van der Waals surface area contributed by atoms with Crippen molar-refractivity contribution in [2.75, 3.05) is 5.32 Å². The van der Waals surface area contributed by atoms with Crippen LogP contribution in [0.5, 0.6) is 0 Å². The van der Waals surface area contributed by atoms with Gasteiger partial charge in [-0.2, -0.15) is 5.10 Å². The summed E-state index contributed by atoms with van der Waals surface area (Å²) in [5, 5.41) is 7.55. The Labute approximate surface area is 165 Å². The van der Waals surface area contributed by atoms with Crippen molar-refractivity contribution >= 4 is 22.5 Å². The van der Waals surface area contributed by atoms with Crippen LogP contribution in [0.25, 0.3) is 5.69 Å². The Kier molecular flexibility index (Phi) is 5.09. The smallest absolute Gasteiger partial charge is 0.233 e. The average Bonchev–Trinajstić information content (AvgIpc) is 3.21. The summed E-state index contributed by atoms with van der Waals surface area (Å²) in [4.78, 5) is 13.1. The number of aromatic nitrogens is 2. The molecule has 5 nitrogen and oxygen atoms in total. The second kappa shape index (κ2) is 7.67. The van der Waals surface area contributed by atoms with Crippen molar-refractivity contribution in [3.63, 3.8) is 0 Å². The van der Waals surface area contributed by atoms with E-state index in [9.17, 15) is 13.4 Å². The van der Waals surface area contributed by atoms with E-state index in [-0.39, 0.29) is 17.6 Å². The highest BCUT2D eigenvalue weighted by atomic mass is 32.2. The number of carbonyl (C=O) groups excluding carboxylic acids is 1. The zero-order valence-electron chi connectivity index (χ0n) is 15.4. The molecule has 0 saturated carbocycles. The van der Waals surface area contributed by atoms with Gasteiger partial charge in [-0.1, -0.05) is 37.3 Å². The van der Waals surface area contributed by atoms with Crippen molar-refractivity contribution in [2.24, 2.45) is 0 Å². The van der Waals surface area contributed by atoms with Crippen molar-refractivity contribution in [3.8, 4) is 5.69 Å². The van der Waals surface area contributed by atoms with Gasteiger partial charge < -0.3 is 5.32 Å². The zero-order chi connectivity index (χ0) is 19.7. The van der Waals surface area contributed by atoms with E-state index in [0.717, 1.165) is 11.1 Å². The molecule has 3 aromatic rings. The molecule has 0 radical (unpaired) electrons. The molecule has 0 aliphatic carbocycles. The molecule has 1 amide bonds. The van der Waals surface area contributed by atoms with E-state index in [0.29, 0.717) is 35.1 Å². The van der Waals surface area contributed by atoms with Gasteiger partial charge in [0.15, 0.2) is 0 Å². The molecule has 28 heavy (non-hydrogen) atoms. The van der Waals surface area contributed by atoms with Crippen molar-refractivity contribution in [3.05, 3.63) is 77.2 Å². The Morgan fingerprint density at radius 2 is 1.89 bits per heavy atom. The molecule has 1 N–H and O–H groups in total. The third-order valence-electron chi connectivity index (χ3n) is 4.91. The molecular weight excluding hydrogens is 377 g/mol. The van der Waals surface area contributed by atoms with Crippen molar-refractivity contribution in [1.29, 1.82) is 0 Å². The second-order valence-electron chi connectivity index (χ2n) is 6.75. The predicted octanol–water partition coefficient (Wildman–Crippen LogP) is 3.91. The van der Waals surface area contributed by atoms with E-state index in [1.165, 1.54) is 12.1 Å².